The van der Waals surface area contributed by atoms with Gasteiger partial charge in [-0.05, 0) is 36.3 Å². The first-order chi connectivity index (χ1) is 12.1. The first-order valence-corrected chi connectivity index (χ1v) is 7.92. The number of benzene rings is 2. The van der Waals surface area contributed by atoms with Gasteiger partial charge in [-0.1, -0.05) is 54.6 Å². The van der Waals surface area contributed by atoms with Crippen LogP contribution in [0.3, 0.4) is 0 Å². The minimum atomic E-state index is -0.391. The van der Waals surface area contributed by atoms with Gasteiger partial charge in [0, 0.05) is 0 Å². The van der Waals surface area contributed by atoms with Crippen molar-refractivity contribution in [1.29, 1.82) is 5.26 Å². The number of carbonyl (C=O) groups excluding carboxylic acids is 1. The van der Waals surface area contributed by atoms with Crippen LogP contribution in [-0.4, -0.2) is 13.0 Å². The van der Waals surface area contributed by atoms with Crippen molar-refractivity contribution in [3.8, 4) is 11.8 Å². The zero-order valence-corrected chi connectivity index (χ0v) is 14.3. The Kier molecular flexibility index (Phi) is 6.56. The van der Waals surface area contributed by atoms with E-state index in [0.717, 1.165) is 16.9 Å². The second-order valence-electron chi connectivity index (χ2n) is 5.43. The van der Waals surface area contributed by atoms with E-state index < -0.39 is 5.91 Å². The van der Waals surface area contributed by atoms with E-state index in [-0.39, 0.29) is 11.6 Å². The average molecular weight is 332 g/mol. The molecule has 0 saturated heterocycles. The van der Waals surface area contributed by atoms with Crippen molar-refractivity contribution in [3.63, 3.8) is 0 Å². The van der Waals surface area contributed by atoms with Gasteiger partial charge in [0.05, 0.1) is 13.2 Å². The lowest BCUT2D eigenvalue weighted by molar-refractivity contribution is -0.117. The summed E-state index contributed by atoms with van der Waals surface area (Å²) < 4.78 is 5.10. The number of nitrogens with one attached hydrogen (secondary N) is 1. The molecule has 0 aromatic heterocycles. The highest BCUT2D eigenvalue weighted by molar-refractivity contribution is 5.97. The summed E-state index contributed by atoms with van der Waals surface area (Å²) in [5.74, 6) is 0.387. The van der Waals surface area contributed by atoms with E-state index >= 15 is 0 Å². The van der Waals surface area contributed by atoms with Crippen molar-refractivity contribution in [2.24, 2.45) is 0 Å². The number of amides is 1. The van der Waals surface area contributed by atoms with Crippen LogP contribution >= 0.6 is 0 Å². The molecule has 2 aromatic carbocycles. The van der Waals surface area contributed by atoms with Crippen LogP contribution in [0, 0.1) is 11.3 Å². The number of nitrogens with zero attached hydrogens (tertiary/aromatic N) is 1. The summed E-state index contributed by atoms with van der Waals surface area (Å²) in [6.45, 7) is 1.88. The fourth-order valence-corrected chi connectivity index (χ4v) is 2.23. The Labute approximate surface area is 148 Å². The van der Waals surface area contributed by atoms with Crippen molar-refractivity contribution >= 4 is 12.0 Å². The van der Waals surface area contributed by atoms with Crippen LogP contribution < -0.4 is 10.1 Å². The molecule has 126 valence electrons. The van der Waals surface area contributed by atoms with Crippen LogP contribution in [-0.2, 0) is 4.79 Å². The van der Waals surface area contributed by atoms with Crippen molar-refractivity contribution in [2.45, 2.75) is 13.0 Å². The van der Waals surface area contributed by atoms with Crippen molar-refractivity contribution in [1.82, 2.24) is 5.32 Å². The number of nitriles is 1. The molecule has 2 aromatic rings. The molecule has 0 spiro atoms. The van der Waals surface area contributed by atoms with E-state index in [1.807, 2.05) is 73.7 Å². The predicted octanol–water partition coefficient (Wildman–Crippen LogP) is 4.04. The largest absolute Gasteiger partial charge is 0.497 e. The lowest BCUT2D eigenvalue weighted by atomic mass is 10.1. The molecule has 0 unspecified atom stereocenters. The van der Waals surface area contributed by atoms with Crippen LogP contribution in [0.15, 0.2) is 72.3 Å². The lowest BCUT2D eigenvalue weighted by Gasteiger charge is -2.13. The Balaban J connectivity index is 2.02. The highest BCUT2D eigenvalue weighted by atomic mass is 16.5. The van der Waals surface area contributed by atoms with Crippen LogP contribution in [0.1, 0.15) is 24.1 Å². The summed E-state index contributed by atoms with van der Waals surface area (Å²) in [7, 11) is 1.61. The molecule has 25 heavy (non-hydrogen) atoms. The maximum atomic E-state index is 12.2. The summed E-state index contributed by atoms with van der Waals surface area (Å²) in [5.41, 5.74) is 2.00. The van der Waals surface area contributed by atoms with Gasteiger partial charge < -0.3 is 10.1 Å². The number of methoxy groups -OCH3 is 1. The SMILES string of the molecule is COc1ccc(/C=C/C=C(/C#N)C(=O)N[C@H](C)c2ccccc2)cc1. The number of carbonyl (C=O) groups is 1. The molecule has 2 rings (SSSR count). The van der Waals surface area contributed by atoms with E-state index in [0.29, 0.717) is 0 Å². The van der Waals surface area contributed by atoms with Gasteiger partial charge in [0.2, 0.25) is 0 Å². The maximum absolute atomic E-state index is 12.2. The second-order valence-corrected chi connectivity index (χ2v) is 5.43. The zero-order chi connectivity index (χ0) is 18.1. The third kappa shape index (κ3) is 5.36. The van der Waals surface area contributed by atoms with Crippen molar-refractivity contribution in [3.05, 3.63) is 83.4 Å². The highest BCUT2D eigenvalue weighted by Crippen LogP contribution is 2.13. The Morgan fingerprint density at radius 1 is 1.16 bits per heavy atom. The van der Waals surface area contributed by atoms with E-state index in [4.69, 9.17) is 4.74 Å². The van der Waals surface area contributed by atoms with E-state index in [2.05, 4.69) is 5.32 Å². The first-order valence-electron chi connectivity index (χ1n) is 7.92. The Morgan fingerprint density at radius 3 is 2.44 bits per heavy atom. The summed E-state index contributed by atoms with van der Waals surface area (Å²) in [6, 6.07) is 18.9. The maximum Gasteiger partial charge on any atom is 0.262 e. The minimum absolute atomic E-state index is 0.0625. The van der Waals surface area contributed by atoms with Gasteiger partial charge in [0.15, 0.2) is 0 Å². The number of allylic oxidation sites excluding steroid dienone is 2. The lowest BCUT2D eigenvalue weighted by Crippen LogP contribution is -2.27. The normalized spacial score (nSPS) is 12.4. The molecule has 0 saturated carbocycles. The Bertz CT molecular complexity index is 800. The monoisotopic (exact) mass is 332 g/mol. The number of rotatable bonds is 6. The summed E-state index contributed by atoms with van der Waals surface area (Å²) in [6.07, 6.45) is 5.02. The van der Waals surface area contributed by atoms with Crippen LogP contribution in [0.4, 0.5) is 0 Å². The van der Waals surface area contributed by atoms with Crippen molar-refractivity contribution < 1.29 is 9.53 Å². The molecule has 0 aliphatic heterocycles. The molecule has 0 radical (unpaired) electrons. The van der Waals surface area contributed by atoms with Gasteiger partial charge in [0.25, 0.3) is 5.91 Å². The third-order valence-electron chi connectivity index (χ3n) is 3.68. The fourth-order valence-electron chi connectivity index (χ4n) is 2.23. The number of hydrogen-bond acceptors (Lipinski definition) is 3. The van der Waals surface area contributed by atoms with Gasteiger partial charge in [0.1, 0.15) is 17.4 Å². The quantitative estimate of drug-likeness (QED) is 0.493. The summed E-state index contributed by atoms with van der Waals surface area (Å²) in [4.78, 5) is 12.2. The van der Waals surface area contributed by atoms with E-state index in [1.54, 1.807) is 13.2 Å². The summed E-state index contributed by atoms with van der Waals surface area (Å²) >= 11 is 0. The van der Waals surface area contributed by atoms with Crippen molar-refractivity contribution in [2.75, 3.05) is 7.11 Å². The molecular formula is C21H20N2O2. The number of hydrogen-bond donors (Lipinski definition) is 1. The molecule has 0 aliphatic carbocycles. The fraction of sp³-hybridized carbons (Fsp3) is 0.143. The average Bonchev–Trinajstić information content (AvgIpc) is 2.66. The van der Waals surface area contributed by atoms with Gasteiger partial charge in [-0.15, -0.1) is 0 Å². The second kappa shape index (κ2) is 9.09. The van der Waals surface area contributed by atoms with E-state index in [9.17, 15) is 10.1 Å². The molecule has 0 heterocycles. The molecule has 1 N–H and O–H groups in total. The van der Waals surface area contributed by atoms with Gasteiger partial charge in [-0.2, -0.15) is 5.26 Å². The highest BCUT2D eigenvalue weighted by Gasteiger charge is 2.12. The molecule has 1 atom stereocenters. The molecule has 4 heteroatoms. The molecule has 1 amide bonds. The van der Waals surface area contributed by atoms with Gasteiger partial charge in [-0.25, -0.2) is 0 Å². The predicted molar refractivity (Wildman–Crippen MR) is 98.7 cm³/mol. The van der Waals surface area contributed by atoms with Crippen LogP contribution in [0.25, 0.3) is 6.08 Å². The van der Waals surface area contributed by atoms with Gasteiger partial charge >= 0.3 is 0 Å². The Morgan fingerprint density at radius 2 is 1.84 bits per heavy atom. The smallest absolute Gasteiger partial charge is 0.262 e. The topological polar surface area (TPSA) is 62.1 Å². The third-order valence-corrected chi connectivity index (χ3v) is 3.68. The first kappa shape index (κ1) is 18.0. The zero-order valence-electron chi connectivity index (χ0n) is 14.3. The van der Waals surface area contributed by atoms with Gasteiger partial charge in [-0.3, -0.25) is 4.79 Å². The Hall–Kier alpha value is -3.32. The molecule has 0 fully saturated rings. The van der Waals surface area contributed by atoms with Crippen LogP contribution in [0.5, 0.6) is 5.75 Å². The summed E-state index contributed by atoms with van der Waals surface area (Å²) in [5, 5.41) is 12.0. The number of ether oxygens (including phenoxy) is 1. The molecule has 4 nitrogen and oxygen atoms in total. The minimum Gasteiger partial charge on any atom is -0.497 e. The standard InChI is InChI=1S/C21H20N2O2/c1-16(18-8-4-3-5-9-18)23-21(24)19(15-22)10-6-7-17-11-13-20(25-2)14-12-17/h3-14,16H,1-2H3,(H,23,24)/b7-6+,19-10-/t16-/m1/s1. The molecular weight excluding hydrogens is 312 g/mol. The van der Waals surface area contributed by atoms with E-state index in [1.165, 1.54) is 6.08 Å². The molecule has 0 bridgehead atoms. The van der Waals surface area contributed by atoms with Crippen LogP contribution in [0.2, 0.25) is 0 Å². The molecule has 0 aliphatic rings.